The number of benzene rings is 3. The van der Waals surface area contributed by atoms with Gasteiger partial charge in [-0.15, -0.1) is 13.2 Å². The van der Waals surface area contributed by atoms with Gasteiger partial charge in [0.2, 0.25) is 0 Å². The van der Waals surface area contributed by atoms with Gasteiger partial charge >= 0.3 is 18.2 Å². The van der Waals surface area contributed by atoms with Crippen molar-refractivity contribution in [2.75, 3.05) is 18.6 Å². The van der Waals surface area contributed by atoms with E-state index in [1.807, 2.05) is 43.3 Å². The monoisotopic (exact) mass is 485 g/mol. The fraction of sp³-hybridized carbons (Fsp3) is 0.259. The van der Waals surface area contributed by atoms with Crippen LogP contribution in [0.3, 0.4) is 0 Å². The lowest BCUT2D eigenvalue weighted by molar-refractivity contribution is -0.274. The summed E-state index contributed by atoms with van der Waals surface area (Å²) in [6, 6.07) is 20.8. The molecule has 0 bridgehead atoms. The lowest BCUT2D eigenvalue weighted by Gasteiger charge is -2.24. The zero-order chi connectivity index (χ0) is 25.4. The zero-order valence-electron chi connectivity index (χ0n) is 19.5. The molecule has 5 nitrogen and oxygen atoms in total. The molecule has 0 saturated heterocycles. The maximum Gasteiger partial charge on any atom is 0.573 e. The third-order valence-electron chi connectivity index (χ3n) is 5.45. The van der Waals surface area contributed by atoms with E-state index in [4.69, 9.17) is 0 Å². The summed E-state index contributed by atoms with van der Waals surface area (Å²) in [5.41, 5.74) is 3.94. The predicted octanol–water partition coefficient (Wildman–Crippen LogP) is 6.09. The largest absolute Gasteiger partial charge is 0.573 e. The van der Waals surface area contributed by atoms with Crippen LogP contribution in [-0.4, -0.2) is 31.9 Å². The van der Waals surface area contributed by atoms with Gasteiger partial charge in [0.05, 0.1) is 7.11 Å². The standard InChI is InChI=1S/C27H26F3NO4/c1-19-18-22(21-11-14-23(15-12-21)35-27(28,29)30)13-16-24(19)31(25(32)26(33)34-2)17-7-6-10-20-8-4-3-5-9-20/h3-5,8-9,11-16,18H,6-7,10,17H2,1-2H3. The quantitative estimate of drug-likeness (QED) is 0.220. The molecule has 0 N–H and O–H groups in total. The smallest absolute Gasteiger partial charge is 0.462 e. The van der Waals surface area contributed by atoms with E-state index in [-0.39, 0.29) is 5.75 Å². The number of nitrogens with zero attached hydrogens (tertiary/aromatic N) is 1. The maximum atomic E-state index is 12.7. The molecule has 3 aromatic carbocycles. The third-order valence-corrected chi connectivity index (χ3v) is 5.45. The molecule has 0 atom stereocenters. The number of halogens is 3. The van der Waals surface area contributed by atoms with Crippen molar-refractivity contribution < 1.29 is 32.2 Å². The Kier molecular flexibility index (Phi) is 8.52. The molecule has 3 aromatic rings. The minimum absolute atomic E-state index is 0.306. The van der Waals surface area contributed by atoms with Crippen LogP contribution in [0.1, 0.15) is 24.0 Å². The third kappa shape index (κ3) is 7.34. The van der Waals surface area contributed by atoms with Crippen molar-refractivity contribution in [3.63, 3.8) is 0 Å². The number of hydrogen-bond donors (Lipinski definition) is 0. The molecule has 0 aliphatic carbocycles. The number of hydrogen-bond acceptors (Lipinski definition) is 4. The van der Waals surface area contributed by atoms with E-state index in [1.54, 1.807) is 12.1 Å². The van der Waals surface area contributed by atoms with Crippen molar-refractivity contribution in [1.29, 1.82) is 0 Å². The number of alkyl halides is 3. The highest BCUT2D eigenvalue weighted by Crippen LogP contribution is 2.30. The van der Waals surface area contributed by atoms with E-state index in [9.17, 15) is 22.8 Å². The number of amides is 1. The van der Waals surface area contributed by atoms with Crippen LogP contribution >= 0.6 is 0 Å². The highest BCUT2D eigenvalue weighted by atomic mass is 19.4. The Morgan fingerprint density at radius 3 is 2.14 bits per heavy atom. The first-order valence-electron chi connectivity index (χ1n) is 11.1. The van der Waals surface area contributed by atoms with Crippen LogP contribution in [0.15, 0.2) is 72.8 Å². The molecule has 0 heterocycles. The second-order valence-corrected chi connectivity index (χ2v) is 7.96. The molecule has 0 radical (unpaired) electrons. The molecule has 0 aliphatic heterocycles. The van der Waals surface area contributed by atoms with Crippen LogP contribution in [0, 0.1) is 6.92 Å². The SMILES string of the molecule is COC(=O)C(=O)N(CCCCc1ccccc1)c1ccc(-c2ccc(OC(F)(F)F)cc2)cc1C. The van der Waals surface area contributed by atoms with Crippen molar-refractivity contribution >= 4 is 17.6 Å². The fourth-order valence-corrected chi connectivity index (χ4v) is 3.76. The van der Waals surface area contributed by atoms with Gasteiger partial charge in [0.15, 0.2) is 0 Å². The maximum absolute atomic E-state index is 12.7. The van der Waals surface area contributed by atoms with Gasteiger partial charge in [-0.05, 0) is 72.7 Å². The summed E-state index contributed by atoms with van der Waals surface area (Å²) in [6.07, 6.45) is -2.39. The minimum atomic E-state index is -4.75. The Morgan fingerprint density at radius 1 is 0.886 bits per heavy atom. The second-order valence-electron chi connectivity index (χ2n) is 7.96. The molecule has 0 spiro atoms. The molecule has 0 fully saturated rings. The van der Waals surface area contributed by atoms with Crippen molar-refractivity contribution in [1.82, 2.24) is 0 Å². The first-order valence-corrected chi connectivity index (χ1v) is 11.1. The normalized spacial score (nSPS) is 11.1. The molecule has 0 aromatic heterocycles. The first-order chi connectivity index (χ1) is 16.7. The van der Waals surface area contributed by atoms with E-state index in [0.29, 0.717) is 24.2 Å². The van der Waals surface area contributed by atoms with Crippen molar-refractivity contribution in [2.24, 2.45) is 0 Å². The van der Waals surface area contributed by atoms with Gasteiger partial charge in [-0.2, -0.15) is 0 Å². The number of ether oxygens (including phenoxy) is 2. The Balaban J connectivity index is 1.76. The first kappa shape index (κ1) is 25.8. The molecule has 8 heteroatoms. The average molecular weight is 486 g/mol. The van der Waals surface area contributed by atoms with E-state index < -0.39 is 18.2 Å². The summed E-state index contributed by atoms with van der Waals surface area (Å²) in [7, 11) is 1.16. The summed E-state index contributed by atoms with van der Waals surface area (Å²) >= 11 is 0. The van der Waals surface area contributed by atoms with Crippen LogP contribution in [0.5, 0.6) is 5.75 Å². The number of rotatable bonds is 8. The summed E-state index contributed by atoms with van der Waals surface area (Å²) in [5, 5.41) is 0. The molecule has 3 rings (SSSR count). The van der Waals surface area contributed by atoms with Gasteiger partial charge in [0.1, 0.15) is 5.75 Å². The topological polar surface area (TPSA) is 55.8 Å². The lowest BCUT2D eigenvalue weighted by atomic mass is 10.0. The molecule has 0 aliphatic rings. The van der Waals surface area contributed by atoms with Crippen LogP contribution < -0.4 is 9.64 Å². The van der Waals surface area contributed by atoms with Crippen LogP contribution in [0.2, 0.25) is 0 Å². The van der Waals surface area contributed by atoms with Gasteiger partial charge in [-0.3, -0.25) is 4.79 Å². The van der Waals surface area contributed by atoms with E-state index in [0.717, 1.165) is 31.1 Å². The molecule has 0 unspecified atom stereocenters. The zero-order valence-corrected chi connectivity index (χ0v) is 19.5. The van der Waals surface area contributed by atoms with Gasteiger partial charge < -0.3 is 14.4 Å². The number of aryl methyl sites for hydroxylation is 2. The molecule has 0 saturated carbocycles. The number of anilines is 1. The summed E-state index contributed by atoms with van der Waals surface area (Å²) < 4.78 is 45.7. The lowest BCUT2D eigenvalue weighted by Crippen LogP contribution is -2.38. The Morgan fingerprint density at radius 2 is 1.54 bits per heavy atom. The second kappa shape index (κ2) is 11.6. The number of carbonyl (C=O) groups is 2. The highest BCUT2D eigenvalue weighted by Gasteiger charge is 2.31. The van der Waals surface area contributed by atoms with E-state index in [1.165, 1.54) is 34.7 Å². The van der Waals surface area contributed by atoms with E-state index in [2.05, 4.69) is 9.47 Å². The summed E-state index contributed by atoms with van der Waals surface area (Å²) in [6.45, 7) is 2.14. The highest BCUT2D eigenvalue weighted by molar-refractivity contribution is 6.38. The molecule has 184 valence electrons. The van der Waals surface area contributed by atoms with E-state index >= 15 is 0 Å². The van der Waals surface area contributed by atoms with Crippen molar-refractivity contribution in [3.8, 4) is 16.9 Å². The molecular formula is C27H26F3NO4. The Labute approximate surface area is 202 Å². The number of carbonyl (C=O) groups excluding carboxylic acids is 2. The average Bonchev–Trinajstić information content (AvgIpc) is 2.84. The number of esters is 1. The predicted molar refractivity (Wildman–Crippen MR) is 127 cm³/mol. The number of unbranched alkanes of at least 4 members (excludes halogenated alkanes) is 1. The molecular weight excluding hydrogens is 459 g/mol. The summed E-state index contributed by atoms with van der Waals surface area (Å²) in [4.78, 5) is 26.2. The van der Waals surface area contributed by atoms with Gasteiger partial charge in [-0.25, -0.2) is 4.79 Å². The summed E-state index contributed by atoms with van der Waals surface area (Å²) in [5.74, 6) is -2.01. The Hall–Kier alpha value is -3.81. The van der Waals surface area contributed by atoms with Gasteiger partial charge in [-0.1, -0.05) is 48.5 Å². The Bertz CT molecular complexity index is 1150. The fourth-order valence-electron chi connectivity index (χ4n) is 3.76. The van der Waals surface area contributed by atoms with Crippen LogP contribution in [0.25, 0.3) is 11.1 Å². The van der Waals surface area contributed by atoms with Gasteiger partial charge in [0.25, 0.3) is 0 Å². The van der Waals surface area contributed by atoms with Crippen molar-refractivity contribution in [3.05, 3.63) is 83.9 Å². The molecule has 1 amide bonds. The minimum Gasteiger partial charge on any atom is -0.462 e. The number of methoxy groups -OCH3 is 1. The van der Waals surface area contributed by atoms with Crippen LogP contribution in [0.4, 0.5) is 18.9 Å². The molecule has 35 heavy (non-hydrogen) atoms. The van der Waals surface area contributed by atoms with Gasteiger partial charge in [0, 0.05) is 12.2 Å². The van der Waals surface area contributed by atoms with Crippen molar-refractivity contribution in [2.45, 2.75) is 32.5 Å². The van der Waals surface area contributed by atoms with Crippen LogP contribution in [-0.2, 0) is 20.7 Å².